The lowest BCUT2D eigenvalue weighted by molar-refractivity contribution is 0.184. The summed E-state index contributed by atoms with van der Waals surface area (Å²) in [6, 6.07) is 0. The fraction of sp³-hybridized carbons (Fsp3) is 1.00. The molecule has 0 aromatic heterocycles. The second kappa shape index (κ2) is 8.34. The van der Waals surface area contributed by atoms with E-state index in [0.29, 0.717) is 0 Å². The van der Waals surface area contributed by atoms with Crippen LogP contribution in [-0.4, -0.2) is 31.6 Å². The smallest absolute Gasteiger partial charge is 0.00418 e. The molecule has 1 fully saturated rings. The Morgan fingerprint density at radius 3 is 2.12 bits per heavy atom. The molecular weight excluding hydrogens is 232 g/mol. The third kappa shape index (κ3) is 7.28. The van der Waals surface area contributed by atoms with Gasteiger partial charge in [-0.2, -0.15) is 0 Å². The minimum atomic E-state index is 0. The van der Waals surface area contributed by atoms with Crippen molar-refractivity contribution in [2.24, 2.45) is 17.1 Å². The number of nitrogens with two attached hydrogens (primary N) is 1. The van der Waals surface area contributed by atoms with E-state index in [4.69, 9.17) is 5.73 Å². The maximum absolute atomic E-state index is 5.79. The summed E-state index contributed by atoms with van der Waals surface area (Å²) in [5.74, 6) is 0.932. The Bertz CT molecular complexity index is 187. The number of hydrogen-bond donors (Lipinski definition) is 1. The van der Waals surface area contributed by atoms with Crippen molar-refractivity contribution in [3.05, 3.63) is 0 Å². The minimum Gasteiger partial charge on any atom is -0.330 e. The molecule has 1 aliphatic carbocycles. The Morgan fingerprint density at radius 1 is 1.12 bits per heavy atom. The average molecular weight is 263 g/mol. The van der Waals surface area contributed by atoms with Gasteiger partial charge in [-0.3, -0.25) is 0 Å². The maximum Gasteiger partial charge on any atom is 0.00418 e. The quantitative estimate of drug-likeness (QED) is 0.771. The molecule has 104 valence electrons. The average Bonchev–Trinajstić information content (AvgIpc) is 2.45. The number of nitrogens with zero attached hydrogens (tertiary/aromatic N) is 1. The van der Waals surface area contributed by atoms with Crippen molar-refractivity contribution in [2.75, 3.05) is 26.7 Å². The third-order valence-electron chi connectivity index (χ3n) is 3.80. The Kier molecular flexibility index (Phi) is 8.44. The zero-order valence-electron chi connectivity index (χ0n) is 11.9. The van der Waals surface area contributed by atoms with E-state index in [1.54, 1.807) is 0 Å². The van der Waals surface area contributed by atoms with Crippen molar-refractivity contribution in [3.63, 3.8) is 0 Å². The first kappa shape index (κ1) is 17.2. The molecule has 0 radical (unpaired) electrons. The molecule has 0 bridgehead atoms. The van der Waals surface area contributed by atoms with Crippen LogP contribution in [0.2, 0.25) is 0 Å². The topological polar surface area (TPSA) is 29.3 Å². The van der Waals surface area contributed by atoms with Crippen LogP contribution in [0.4, 0.5) is 0 Å². The molecule has 0 spiro atoms. The fourth-order valence-electron chi connectivity index (χ4n) is 2.85. The first-order valence-electron chi connectivity index (χ1n) is 6.92. The van der Waals surface area contributed by atoms with Crippen molar-refractivity contribution >= 4 is 12.4 Å². The zero-order chi connectivity index (χ0) is 12.0. The van der Waals surface area contributed by atoms with Gasteiger partial charge in [0.1, 0.15) is 0 Å². The summed E-state index contributed by atoms with van der Waals surface area (Å²) in [5.41, 5.74) is 6.05. The number of hydrogen-bond acceptors (Lipinski definition) is 2. The second-order valence-electron chi connectivity index (χ2n) is 6.42. The minimum absolute atomic E-state index is 0. The Hall–Kier alpha value is 0.210. The van der Waals surface area contributed by atoms with Crippen molar-refractivity contribution in [3.8, 4) is 0 Å². The SMILES string of the molecule is CN(CC1CCCCCC1)CC(C)(C)CN.Cl. The van der Waals surface area contributed by atoms with E-state index in [1.165, 1.54) is 45.1 Å². The molecule has 0 aromatic rings. The standard InChI is InChI=1S/C14H30N2.ClH/c1-14(2,11-15)12-16(3)10-13-8-6-4-5-7-9-13;/h13H,4-12,15H2,1-3H3;1H. The van der Waals surface area contributed by atoms with Gasteiger partial charge < -0.3 is 10.6 Å². The van der Waals surface area contributed by atoms with Gasteiger partial charge in [0.05, 0.1) is 0 Å². The van der Waals surface area contributed by atoms with Crippen LogP contribution in [0.3, 0.4) is 0 Å². The monoisotopic (exact) mass is 262 g/mol. The van der Waals surface area contributed by atoms with Gasteiger partial charge in [-0.1, -0.05) is 39.5 Å². The Balaban J connectivity index is 0.00000256. The molecule has 2 nitrogen and oxygen atoms in total. The molecule has 17 heavy (non-hydrogen) atoms. The summed E-state index contributed by atoms with van der Waals surface area (Å²) < 4.78 is 0. The summed E-state index contributed by atoms with van der Waals surface area (Å²) in [6.45, 7) is 7.69. The Morgan fingerprint density at radius 2 is 1.65 bits per heavy atom. The summed E-state index contributed by atoms with van der Waals surface area (Å²) >= 11 is 0. The van der Waals surface area contributed by atoms with Crippen LogP contribution >= 0.6 is 12.4 Å². The fourth-order valence-corrected chi connectivity index (χ4v) is 2.85. The van der Waals surface area contributed by atoms with E-state index in [-0.39, 0.29) is 17.8 Å². The predicted molar refractivity (Wildman–Crippen MR) is 78.8 cm³/mol. The highest BCUT2D eigenvalue weighted by Gasteiger charge is 2.20. The molecule has 0 aliphatic heterocycles. The molecule has 0 unspecified atom stereocenters. The lowest BCUT2D eigenvalue weighted by Crippen LogP contribution is -2.38. The van der Waals surface area contributed by atoms with Crippen LogP contribution in [0.5, 0.6) is 0 Å². The van der Waals surface area contributed by atoms with E-state index in [2.05, 4.69) is 25.8 Å². The highest BCUT2D eigenvalue weighted by Crippen LogP contribution is 2.24. The molecule has 3 heteroatoms. The van der Waals surface area contributed by atoms with Crippen LogP contribution in [0.15, 0.2) is 0 Å². The van der Waals surface area contributed by atoms with Gasteiger partial charge >= 0.3 is 0 Å². The van der Waals surface area contributed by atoms with E-state index in [0.717, 1.165) is 19.0 Å². The van der Waals surface area contributed by atoms with Crippen molar-refractivity contribution < 1.29 is 0 Å². The predicted octanol–water partition coefficient (Wildman–Crippen LogP) is 3.30. The van der Waals surface area contributed by atoms with Crippen LogP contribution in [0.25, 0.3) is 0 Å². The molecule has 1 rings (SSSR count). The van der Waals surface area contributed by atoms with Crippen LogP contribution in [0, 0.1) is 11.3 Å². The normalized spacial score (nSPS) is 18.9. The lowest BCUT2D eigenvalue weighted by Gasteiger charge is -2.31. The molecule has 2 N–H and O–H groups in total. The summed E-state index contributed by atoms with van der Waals surface area (Å²) in [6.07, 6.45) is 8.67. The summed E-state index contributed by atoms with van der Waals surface area (Å²) in [4.78, 5) is 2.49. The van der Waals surface area contributed by atoms with E-state index in [9.17, 15) is 0 Å². The number of halogens is 1. The van der Waals surface area contributed by atoms with Crippen molar-refractivity contribution in [2.45, 2.75) is 52.4 Å². The lowest BCUT2D eigenvalue weighted by atomic mass is 9.92. The first-order chi connectivity index (χ1) is 7.53. The van der Waals surface area contributed by atoms with Gasteiger partial charge in [0.15, 0.2) is 0 Å². The highest BCUT2D eigenvalue weighted by atomic mass is 35.5. The van der Waals surface area contributed by atoms with Gasteiger partial charge in [-0.15, -0.1) is 12.4 Å². The summed E-state index contributed by atoms with van der Waals surface area (Å²) in [5, 5.41) is 0. The van der Waals surface area contributed by atoms with E-state index >= 15 is 0 Å². The van der Waals surface area contributed by atoms with Crippen LogP contribution in [0.1, 0.15) is 52.4 Å². The molecular formula is C14H31ClN2. The molecule has 0 heterocycles. The molecule has 1 aliphatic rings. The van der Waals surface area contributed by atoms with E-state index in [1.807, 2.05) is 0 Å². The van der Waals surface area contributed by atoms with Crippen molar-refractivity contribution in [1.82, 2.24) is 4.90 Å². The molecule has 0 amide bonds. The summed E-state index contributed by atoms with van der Waals surface area (Å²) in [7, 11) is 2.25. The van der Waals surface area contributed by atoms with Gasteiger partial charge in [0, 0.05) is 13.1 Å². The van der Waals surface area contributed by atoms with Crippen molar-refractivity contribution in [1.29, 1.82) is 0 Å². The third-order valence-corrected chi connectivity index (χ3v) is 3.80. The van der Waals surface area contributed by atoms with Gasteiger partial charge in [0.25, 0.3) is 0 Å². The van der Waals surface area contributed by atoms with E-state index < -0.39 is 0 Å². The number of rotatable bonds is 5. The van der Waals surface area contributed by atoms with Gasteiger partial charge in [-0.05, 0) is 37.8 Å². The van der Waals surface area contributed by atoms with Gasteiger partial charge in [-0.25, -0.2) is 0 Å². The maximum atomic E-state index is 5.79. The van der Waals surface area contributed by atoms with Gasteiger partial charge in [0.2, 0.25) is 0 Å². The molecule has 0 atom stereocenters. The Labute approximate surface area is 114 Å². The molecule has 1 saturated carbocycles. The van der Waals surface area contributed by atoms with Crippen LogP contribution < -0.4 is 5.73 Å². The van der Waals surface area contributed by atoms with Crippen LogP contribution in [-0.2, 0) is 0 Å². The highest BCUT2D eigenvalue weighted by molar-refractivity contribution is 5.85. The molecule has 0 saturated heterocycles. The second-order valence-corrected chi connectivity index (χ2v) is 6.42. The molecule has 0 aromatic carbocycles. The zero-order valence-corrected chi connectivity index (χ0v) is 12.7. The largest absolute Gasteiger partial charge is 0.330 e. The first-order valence-corrected chi connectivity index (χ1v) is 6.92.